The van der Waals surface area contributed by atoms with Crippen molar-refractivity contribution in [2.24, 2.45) is 0 Å². The van der Waals surface area contributed by atoms with Crippen LogP contribution in [0.2, 0.25) is 5.02 Å². The van der Waals surface area contributed by atoms with Crippen LogP contribution in [0.15, 0.2) is 42.5 Å². The average Bonchev–Trinajstić information content (AvgIpc) is 2.84. The number of carbonyl (C=O) groups excluding carboxylic acids is 1. The maximum atomic E-state index is 12.6. The molecule has 2 aromatic carbocycles. The van der Waals surface area contributed by atoms with Gasteiger partial charge in [0.1, 0.15) is 0 Å². The zero-order valence-corrected chi connectivity index (χ0v) is 13.0. The van der Waals surface area contributed by atoms with E-state index in [1.54, 1.807) is 12.1 Å². The fourth-order valence-corrected chi connectivity index (χ4v) is 3.05. The first kappa shape index (κ1) is 12.9. The lowest BCUT2D eigenvalue weighted by Gasteiger charge is -2.16. The zero-order valence-electron chi connectivity index (χ0n) is 10.1. The Morgan fingerprint density at radius 1 is 1.11 bits per heavy atom. The van der Waals surface area contributed by atoms with E-state index in [0.29, 0.717) is 23.7 Å². The summed E-state index contributed by atoms with van der Waals surface area (Å²) in [5.74, 6) is 0.0445. The van der Waals surface area contributed by atoms with E-state index >= 15 is 0 Å². The van der Waals surface area contributed by atoms with E-state index in [0.717, 1.165) is 3.57 Å². The predicted molar refractivity (Wildman–Crippen MR) is 84.2 cm³/mol. The second-order valence-electron chi connectivity index (χ2n) is 4.55. The molecule has 96 valence electrons. The van der Waals surface area contributed by atoms with Crippen molar-refractivity contribution in [2.75, 3.05) is 0 Å². The van der Waals surface area contributed by atoms with Crippen LogP contribution in [0, 0.1) is 3.57 Å². The molecule has 19 heavy (non-hydrogen) atoms. The number of fused-ring (bicyclic) bond motifs is 1. The SMILES string of the molecule is O=C(c1cc(Cl)ccc1I)N1Cc2ccccc2C1. The summed E-state index contributed by atoms with van der Waals surface area (Å²) in [4.78, 5) is 14.4. The fourth-order valence-electron chi connectivity index (χ4n) is 2.31. The van der Waals surface area contributed by atoms with Gasteiger partial charge < -0.3 is 4.90 Å². The molecule has 1 amide bonds. The van der Waals surface area contributed by atoms with Gasteiger partial charge in [-0.3, -0.25) is 4.79 Å². The lowest BCUT2D eigenvalue weighted by Crippen LogP contribution is -2.26. The van der Waals surface area contributed by atoms with Gasteiger partial charge in [-0.1, -0.05) is 35.9 Å². The molecule has 0 bridgehead atoms. The molecule has 0 unspecified atom stereocenters. The first-order chi connectivity index (χ1) is 9.15. The van der Waals surface area contributed by atoms with Crippen molar-refractivity contribution in [1.29, 1.82) is 0 Å². The lowest BCUT2D eigenvalue weighted by molar-refractivity contribution is 0.0750. The van der Waals surface area contributed by atoms with Crippen molar-refractivity contribution >= 4 is 40.1 Å². The summed E-state index contributed by atoms with van der Waals surface area (Å²) < 4.78 is 0.933. The molecule has 1 aliphatic rings. The van der Waals surface area contributed by atoms with E-state index in [2.05, 4.69) is 34.7 Å². The van der Waals surface area contributed by atoms with Crippen LogP contribution in [-0.2, 0) is 13.1 Å². The van der Waals surface area contributed by atoms with Crippen LogP contribution in [0.25, 0.3) is 0 Å². The third kappa shape index (κ3) is 2.49. The summed E-state index contributed by atoms with van der Waals surface area (Å²) >= 11 is 8.16. The number of rotatable bonds is 1. The van der Waals surface area contributed by atoms with E-state index in [1.807, 2.05) is 23.1 Å². The van der Waals surface area contributed by atoms with E-state index in [4.69, 9.17) is 11.6 Å². The molecule has 1 aliphatic heterocycles. The van der Waals surface area contributed by atoms with E-state index in [9.17, 15) is 4.79 Å². The van der Waals surface area contributed by atoms with Gasteiger partial charge in [-0.15, -0.1) is 0 Å². The van der Waals surface area contributed by atoms with Crippen molar-refractivity contribution in [3.8, 4) is 0 Å². The molecule has 0 atom stereocenters. The maximum absolute atomic E-state index is 12.6. The van der Waals surface area contributed by atoms with Crippen molar-refractivity contribution in [1.82, 2.24) is 4.90 Å². The highest BCUT2D eigenvalue weighted by atomic mass is 127. The Hall–Kier alpha value is -1.07. The minimum Gasteiger partial charge on any atom is -0.330 e. The number of hydrogen-bond acceptors (Lipinski definition) is 1. The van der Waals surface area contributed by atoms with Crippen LogP contribution in [0.4, 0.5) is 0 Å². The summed E-state index contributed by atoms with van der Waals surface area (Å²) in [5.41, 5.74) is 3.14. The number of benzene rings is 2. The molecule has 3 rings (SSSR count). The first-order valence-electron chi connectivity index (χ1n) is 5.96. The zero-order chi connectivity index (χ0) is 13.4. The highest BCUT2D eigenvalue weighted by molar-refractivity contribution is 14.1. The molecule has 4 heteroatoms. The largest absolute Gasteiger partial charge is 0.330 e. The van der Waals surface area contributed by atoms with Crippen LogP contribution >= 0.6 is 34.2 Å². The molecule has 0 saturated carbocycles. The standard InChI is InChI=1S/C15H11ClINO/c16-12-5-6-14(17)13(7-12)15(19)18-8-10-3-1-2-4-11(10)9-18/h1-7H,8-9H2. The molecule has 0 aliphatic carbocycles. The number of hydrogen-bond donors (Lipinski definition) is 0. The van der Waals surface area contributed by atoms with Crippen LogP contribution in [0.3, 0.4) is 0 Å². The first-order valence-corrected chi connectivity index (χ1v) is 7.42. The Morgan fingerprint density at radius 3 is 2.37 bits per heavy atom. The molecule has 0 N–H and O–H groups in total. The van der Waals surface area contributed by atoms with E-state index < -0.39 is 0 Å². The normalized spacial score (nSPS) is 13.5. The number of amides is 1. The van der Waals surface area contributed by atoms with Gasteiger partial charge in [0.2, 0.25) is 0 Å². The van der Waals surface area contributed by atoms with Gasteiger partial charge in [0.15, 0.2) is 0 Å². The smallest absolute Gasteiger partial charge is 0.255 e. The van der Waals surface area contributed by atoms with E-state index in [1.165, 1.54) is 11.1 Å². The monoisotopic (exact) mass is 383 g/mol. The summed E-state index contributed by atoms with van der Waals surface area (Å²) in [6, 6.07) is 13.6. The van der Waals surface area contributed by atoms with Gasteiger partial charge in [0, 0.05) is 21.7 Å². The van der Waals surface area contributed by atoms with Gasteiger partial charge in [0.05, 0.1) is 5.56 Å². The Balaban J connectivity index is 1.89. The second kappa shape index (κ2) is 5.13. The van der Waals surface area contributed by atoms with Gasteiger partial charge in [-0.05, 0) is 51.9 Å². The van der Waals surface area contributed by atoms with Crippen LogP contribution in [-0.4, -0.2) is 10.8 Å². The third-order valence-corrected chi connectivity index (χ3v) is 4.46. The highest BCUT2D eigenvalue weighted by Gasteiger charge is 2.25. The molecule has 0 radical (unpaired) electrons. The minimum absolute atomic E-state index is 0.0445. The Labute approximate surface area is 130 Å². The Bertz CT molecular complexity index is 631. The summed E-state index contributed by atoms with van der Waals surface area (Å²) in [5, 5.41) is 0.598. The molecule has 2 nitrogen and oxygen atoms in total. The Kier molecular flexibility index (Phi) is 3.50. The fraction of sp³-hybridized carbons (Fsp3) is 0.133. The van der Waals surface area contributed by atoms with Gasteiger partial charge in [-0.25, -0.2) is 0 Å². The average molecular weight is 384 g/mol. The van der Waals surface area contributed by atoms with Crippen LogP contribution < -0.4 is 0 Å². The predicted octanol–water partition coefficient (Wildman–Crippen LogP) is 4.10. The highest BCUT2D eigenvalue weighted by Crippen LogP contribution is 2.26. The molecular formula is C15H11ClINO. The molecule has 0 aromatic heterocycles. The maximum Gasteiger partial charge on any atom is 0.255 e. The third-order valence-electron chi connectivity index (χ3n) is 3.29. The molecule has 0 saturated heterocycles. The van der Waals surface area contributed by atoms with Crippen molar-refractivity contribution in [3.63, 3.8) is 0 Å². The van der Waals surface area contributed by atoms with Gasteiger partial charge in [-0.2, -0.15) is 0 Å². The summed E-state index contributed by atoms with van der Waals surface area (Å²) in [7, 11) is 0. The number of carbonyl (C=O) groups is 1. The second-order valence-corrected chi connectivity index (χ2v) is 6.15. The molecule has 1 heterocycles. The van der Waals surface area contributed by atoms with Crippen molar-refractivity contribution in [3.05, 3.63) is 67.7 Å². The van der Waals surface area contributed by atoms with Crippen LogP contribution in [0.1, 0.15) is 21.5 Å². The topological polar surface area (TPSA) is 20.3 Å². The Morgan fingerprint density at radius 2 is 1.74 bits per heavy atom. The van der Waals surface area contributed by atoms with Gasteiger partial charge >= 0.3 is 0 Å². The molecular weight excluding hydrogens is 373 g/mol. The quantitative estimate of drug-likeness (QED) is 0.679. The lowest BCUT2D eigenvalue weighted by atomic mass is 10.1. The van der Waals surface area contributed by atoms with Crippen molar-refractivity contribution < 1.29 is 4.79 Å². The van der Waals surface area contributed by atoms with Crippen LogP contribution in [0.5, 0.6) is 0 Å². The number of halogens is 2. The van der Waals surface area contributed by atoms with Gasteiger partial charge in [0.25, 0.3) is 5.91 Å². The molecule has 0 spiro atoms. The van der Waals surface area contributed by atoms with Crippen molar-refractivity contribution in [2.45, 2.75) is 13.1 Å². The summed E-state index contributed by atoms with van der Waals surface area (Å²) in [6.45, 7) is 1.36. The molecule has 2 aromatic rings. The van der Waals surface area contributed by atoms with E-state index in [-0.39, 0.29) is 5.91 Å². The minimum atomic E-state index is 0.0445. The molecule has 0 fully saturated rings. The number of nitrogens with zero attached hydrogens (tertiary/aromatic N) is 1. The summed E-state index contributed by atoms with van der Waals surface area (Å²) in [6.07, 6.45) is 0.